The summed E-state index contributed by atoms with van der Waals surface area (Å²) in [5.74, 6) is -2.14. The molecule has 0 spiro atoms. The Bertz CT molecular complexity index is 542. The van der Waals surface area contributed by atoms with E-state index in [0.717, 1.165) is 18.9 Å². The molecule has 0 bridgehead atoms. The summed E-state index contributed by atoms with van der Waals surface area (Å²) < 4.78 is 28.5. The van der Waals surface area contributed by atoms with E-state index in [2.05, 4.69) is 0 Å². The van der Waals surface area contributed by atoms with Gasteiger partial charge in [-0.1, -0.05) is 13.8 Å². The van der Waals surface area contributed by atoms with Gasteiger partial charge in [0.2, 0.25) is 0 Å². The first-order valence-corrected chi connectivity index (χ1v) is 7.05. The number of halogens is 2. The SMILES string of the molecule is CC(C)CN(c1c(F)cc(C=CC(=O)O)cc1F)C1CC1. The first-order valence-electron chi connectivity index (χ1n) is 7.05. The Morgan fingerprint density at radius 3 is 2.38 bits per heavy atom. The highest BCUT2D eigenvalue weighted by atomic mass is 19.1. The molecule has 0 amide bonds. The zero-order valence-corrected chi connectivity index (χ0v) is 12.1. The summed E-state index contributed by atoms with van der Waals surface area (Å²) in [6, 6.07) is 2.55. The van der Waals surface area contributed by atoms with E-state index in [0.29, 0.717) is 12.5 Å². The predicted molar refractivity (Wildman–Crippen MR) is 78.2 cm³/mol. The molecule has 1 fully saturated rings. The van der Waals surface area contributed by atoms with Crippen molar-refractivity contribution in [3.05, 3.63) is 35.4 Å². The summed E-state index contributed by atoms with van der Waals surface area (Å²) >= 11 is 0. The summed E-state index contributed by atoms with van der Waals surface area (Å²) in [7, 11) is 0. The van der Waals surface area contributed by atoms with Crippen molar-refractivity contribution in [1.29, 1.82) is 0 Å². The molecule has 21 heavy (non-hydrogen) atoms. The fourth-order valence-corrected chi connectivity index (χ4v) is 2.33. The van der Waals surface area contributed by atoms with Crippen LogP contribution in [0.2, 0.25) is 0 Å². The summed E-state index contributed by atoms with van der Waals surface area (Å²) in [6.45, 7) is 4.62. The molecule has 0 atom stereocenters. The molecule has 1 saturated carbocycles. The van der Waals surface area contributed by atoms with Crippen LogP contribution in [0.25, 0.3) is 6.08 Å². The number of benzene rings is 1. The summed E-state index contributed by atoms with van der Waals surface area (Å²) in [4.78, 5) is 12.2. The van der Waals surface area contributed by atoms with Crippen LogP contribution >= 0.6 is 0 Å². The van der Waals surface area contributed by atoms with Crippen molar-refractivity contribution >= 4 is 17.7 Å². The number of aliphatic carboxylic acids is 1. The standard InChI is InChI=1S/C16H19F2NO2/c1-10(2)9-19(12-4-5-12)16-13(17)7-11(8-14(16)18)3-6-15(20)21/h3,6-8,10,12H,4-5,9H2,1-2H3,(H,20,21). The van der Waals surface area contributed by atoms with Crippen molar-refractivity contribution < 1.29 is 18.7 Å². The third-order valence-corrected chi connectivity index (χ3v) is 3.29. The van der Waals surface area contributed by atoms with E-state index in [1.54, 1.807) is 4.90 Å². The Kier molecular flexibility index (Phi) is 4.60. The number of carbonyl (C=O) groups is 1. The second-order valence-electron chi connectivity index (χ2n) is 5.78. The normalized spacial score (nSPS) is 14.9. The van der Waals surface area contributed by atoms with Crippen LogP contribution in [0.15, 0.2) is 18.2 Å². The lowest BCUT2D eigenvalue weighted by molar-refractivity contribution is -0.131. The molecule has 5 heteroatoms. The van der Waals surface area contributed by atoms with Crippen LogP contribution in [0.4, 0.5) is 14.5 Å². The van der Waals surface area contributed by atoms with E-state index in [9.17, 15) is 13.6 Å². The Hall–Kier alpha value is -1.91. The van der Waals surface area contributed by atoms with Crippen molar-refractivity contribution in [2.24, 2.45) is 5.92 Å². The minimum absolute atomic E-state index is 0.00123. The van der Waals surface area contributed by atoms with Crippen LogP contribution in [-0.2, 0) is 4.79 Å². The molecule has 114 valence electrons. The Morgan fingerprint density at radius 1 is 1.38 bits per heavy atom. The first kappa shape index (κ1) is 15.5. The van der Waals surface area contributed by atoms with Crippen molar-refractivity contribution in [3.8, 4) is 0 Å². The number of carboxylic acids is 1. The van der Waals surface area contributed by atoms with Gasteiger partial charge in [-0.05, 0) is 42.5 Å². The Balaban J connectivity index is 2.33. The number of hydrogen-bond acceptors (Lipinski definition) is 2. The largest absolute Gasteiger partial charge is 0.478 e. The number of hydrogen-bond donors (Lipinski definition) is 1. The average molecular weight is 295 g/mol. The quantitative estimate of drug-likeness (QED) is 0.814. The maximum absolute atomic E-state index is 14.3. The molecule has 1 aromatic rings. The van der Waals surface area contributed by atoms with Crippen molar-refractivity contribution in [2.75, 3.05) is 11.4 Å². The van der Waals surface area contributed by atoms with Gasteiger partial charge in [-0.25, -0.2) is 13.6 Å². The van der Waals surface area contributed by atoms with E-state index in [1.807, 2.05) is 13.8 Å². The van der Waals surface area contributed by atoms with Gasteiger partial charge >= 0.3 is 5.97 Å². The highest BCUT2D eigenvalue weighted by molar-refractivity contribution is 5.85. The topological polar surface area (TPSA) is 40.5 Å². The molecule has 0 saturated heterocycles. The van der Waals surface area contributed by atoms with E-state index in [4.69, 9.17) is 5.11 Å². The minimum Gasteiger partial charge on any atom is -0.478 e. The molecule has 0 heterocycles. The number of rotatable bonds is 6. The van der Waals surface area contributed by atoms with Crippen LogP contribution < -0.4 is 4.90 Å². The van der Waals surface area contributed by atoms with Crippen LogP contribution in [0, 0.1) is 17.6 Å². The molecule has 1 aliphatic rings. The van der Waals surface area contributed by atoms with Gasteiger partial charge in [-0.2, -0.15) is 0 Å². The molecular formula is C16H19F2NO2. The number of carboxylic acid groups (broad SMARTS) is 1. The van der Waals surface area contributed by atoms with Gasteiger partial charge in [-0.3, -0.25) is 0 Å². The Morgan fingerprint density at radius 2 is 1.95 bits per heavy atom. The number of anilines is 1. The van der Waals surface area contributed by atoms with E-state index in [-0.39, 0.29) is 17.3 Å². The lowest BCUT2D eigenvalue weighted by Gasteiger charge is -2.27. The first-order chi connectivity index (χ1) is 9.88. The second-order valence-corrected chi connectivity index (χ2v) is 5.78. The second kappa shape index (κ2) is 6.24. The van der Waals surface area contributed by atoms with Crippen LogP contribution in [0.5, 0.6) is 0 Å². The molecule has 1 aromatic carbocycles. The Labute approximate surface area is 122 Å². The lowest BCUT2D eigenvalue weighted by atomic mass is 10.1. The van der Waals surface area contributed by atoms with Gasteiger partial charge in [0.15, 0.2) is 0 Å². The van der Waals surface area contributed by atoms with Gasteiger partial charge in [-0.15, -0.1) is 0 Å². The summed E-state index contributed by atoms with van der Waals surface area (Å²) in [6.07, 6.45) is 3.95. The van der Waals surface area contributed by atoms with Crippen molar-refractivity contribution in [2.45, 2.75) is 32.7 Å². The molecule has 0 aliphatic heterocycles. The van der Waals surface area contributed by atoms with Gasteiger partial charge in [0.1, 0.15) is 17.3 Å². The maximum atomic E-state index is 14.3. The van der Waals surface area contributed by atoms with Crippen molar-refractivity contribution in [1.82, 2.24) is 0 Å². The van der Waals surface area contributed by atoms with Gasteiger partial charge in [0.05, 0.1) is 0 Å². The fourth-order valence-electron chi connectivity index (χ4n) is 2.33. The predicted octanol–water partition coefficient (Wildman–Crippen LogP) is 3.69. The summed E-state index contributed by atoms with van der Waals surface area (Å²) in [5, 5.41) is 8.55. The lowest BCUT2D eigenvalue weighted by Crippen LogP contribution is -2.31. The summed E-state index contributed by atoms with van der Waals surface area (Å²) in [5.41, 5.74) is 0.204. The third kappa shape index (κ3) is 4.03. The van der Waals surface area contributed by atoms with E-state index < -0.39 is 17.6 Å². The highest BCUT2D eigenvalue weighted by Crippen LogP contribution is 2.36. The number of nitrogens with zero attached hydrogens (tertiary/aromatic N) is 1. The van der Waals surface area contributed by atoms with E-state index in [1.165, 1.54) is 18.2 Å². The fraction of sp³-hybridized carbons (Fsp3) is 0.438. The zero-order chi connectivity index (χ0) is 15.6. The monoisotopic (exact) mass is 295 g/mol. The van der Waals surface area contributed by atoms with Gasteiger partial charge < -0.3 is 10.0 Å². The van der Waals surface area contributed by atoms with Crippen molar-refractivity contribution in [3.63, 3.8) is 0 Å². The molecule has 0 radical (unpaired) electrons. The van der Waals surface area contributed by atoms with Gasteiger partial charge in [0, 0.05) is 18.7 Å². The minimum atomic E-state index is -1.15. The molecule has 2 rings (SSSR count). The van der Waals surface area contributed by atoms with E-state index >= 15 is 0 Å². The molecule has 1 aliphatic carbocycles. The average Bonchev–Trinajstić information content (AvgIpc) is 3.18. The highest BCUT2D eigenvalue weighted by Gasteiger charge is 2.32. The molecule has 1 N–H and O–H groups in total. The van der Waals surface area contributed by atoms with Crippen LogP contribution in [-0.4, -0.2) is 23.7 Å². The molecule has 0 aromatic heterocycles. The van der Waals surface area contributed by atoms with Crippen LogP contribution in [0.3, 0.4) is 0 Å². The van der Waals surface area contributed by atoms with Gasteiger partial charge in [0.25, 0.3) is 0 Å². The zero-order valence-electron chi connectivity index (χ0n) is 12.1. The smallest absolute Gasteiger partial charge is 0.328 e. The molecular weight excluding hydrogens is 276 g/mol. The molecule has 0 unspecified atom stereocenters. The third-order valence-electron chi connectivity index (χ3n) is 3.29. The molecule has 3 nitrogen and oxygen atoms in total. The maximum Gasteiger partial charge on any atom is 0.328 e. The van der Waals surface area contributed by atoms with Crippen LogP contribution in [0.1, 0.15) is 32.3 Å².